The second-order valence-corrected chi connectivity index (χ2v) is 3.34. The van der Waals surface area contributed by atoms with Crippen molar-refractivity contribution in [1.29, 1.82) is 0 Å². The van der Waals surface area contributed by atoms with E-state index in [2.05, 4.69) is 0 Å². The van der Waals surface area contributed by atoms with E-state index >= 15 is 0 Å². The third-order valence-electron chi connectivity index (χ3n) is 0.708. The molecule has 0 aliphatic carbocycles. The number of ether oxygens (including phenoxy) is 1. The van der Waals surface area contributed by atoms with Crippen LogP contribution >= 0.6 is 0 Å². The van der Waals surface area contributed by atoms with Gasteiger partial charge in [0, 0.05) is 0 Å². The number of rotatable bonds is 1. The van der Waals surface area contributed by atoms with Crippen molar-refractivity contribution in [1.82, 2.24) is 0 Å². The summed E-state index contributed by atoms with van der Waals surface area (Å²) in [6.45, 7) is 6.57. The summed E-state index contributed by atoms with van der Waals surface area (Å²) in [5, 5.41) is 0. The fraction of sp³-hybridized carbons (Fsp3) is 0.833. The summed E-state index contributed by atoms with van der Waals surface area (Å²) in [5.74, 6) is -0.204. The monoisotopic (exact) mass is 128 g/mol. The van der Waals surface area contributed by atoms with Crippen molar-refractivity contribution in [2.45, 2.75) is 20.8 Å². The lowest BCUT2D eigenvalue weighted by atomic mass is 9.98. The van der Waals surface area contributed by atoms with Gasteiger partial charge in [-0.15, -0.1) is 0 Å². The predicted octanol–water partition coefficient (Wildman–Crippen LogP) is 0.802. The molecule has 9 heavy (non-hydrogen) atoms. The van der Waals surface area contributed by atoms with Gasteiger partial charge in [-0.1, -0.05) is 20.8 Å². The lowest BCUT2D eigenvalue weighted by molar-refractivity contribution is 0.128. The standard InChI is InChI=1S/C6H13BO2/c1-6(2,3)4-9-5(7)8/h4,7H2,1-3H3. The quantitative estimate of drug-likeness (QED) is 0.488. The Morgan fingerprint density at radius 3 is 2.11 bits per heavy atom. The highest BCUT2D eigenvalue weighted by molar-refractivity contribution is 6.55. The molecule has 0 saturated carbocycles. The van der Waals surface area contributed by atoms with Gasteiger partial charge in [0.05, 0.1) is 6.61 Å². The zero-order chi connectivity index (χ0) is 7.49. The van der Waals surface area contributed by atoms with Crippen LogP contribution in [0, 0.1) is 5.41 Å². The van der Waals surface area contributed by atoms with Gasteiger partial charge in [-0.25, -0.2) is 0 Å². The number of hydrogen-bond acceptors (Lipinski definition) is 2. The van der Waals surface area contributed by atoms with Gasteiger partial charge in [0.15, 0.2) is 0 Å². The van der Waals surface area contributed by atoms with Crippen LogP contribution in [0.1, 0.15) is 20.8 Å². The Kier molecular flexibility index (Phi) is 2.75. The van der Waals surface area contributed by atoms with Crippen LogP contribution in [-0.2, 0) is 4.74 Å². The Morgan fingerprint density at radius 2 is 2.00 bits per heavy atom. The molecule has 0 radical (unpaired) electrons. The largest absolute Gasteiger partial charge is 0.474 e. The first-order valence-corrected chi connectivity index (χ1v) is 3.05. The van der Waals surface area contributed by atoms with Crippen molar-refractivity contribution < 1.29 is 9.53 Å². The van der Waals surface area contributed by atoms with E-state index in [0.29, 0.717) is 6.61 Å². The summed E-state index contributed by atoms with van der Waals surface area (Å²) in [7, 11) is 1.42. The van der Waals surface area contributed by atoms with Crippen LogP contribution in [0.3, 0.4) is 0 Å². The maximum absolute atomic E-state index is 10.3. The van der Waals surface area contributed by atoms with Gasteiger partial charge in [-0.3, -0.25) is 4.79 Å². The van der Waals surface area contributed by atoms with Gasteiger partial charge < -0.3 is 4.74 Å². The maximum Gasteiger partial charge on any atom is 0.243 e. The molecule has 0 heterocycles. The van der Waals surface area contributed by atoms with E-state index in [1.165, 1.54) is 7.85 Å². The van der Waals surface area contributed by atoms with Crippen molar-refractivity contribution in [3.8, 4) is 0 Å². The van der Waals surface area contributed by atoms with Crippen LogP contribution < -0.4 is 0 Å². The van der Waals surface area contributed by atoms with Crippen molar-refractivity contribution in [3.05, 3.63) is 0 Å². The smallest absolute Gasteiger partial charge is 0.243 e. The third-order valence-corrected chi connectivity index (χ3v) is 0.708. The highest BCUT2D eigenvalue weighted by Gasteiger charge is 2.10. The minimum absolute atomic E-state index is 0.0890. The number of hydrogen-bond donors (Lipinski definition) is 0. The second kappa shape index (κ2) is 2.90. The summed E-state index contributed by atoms with van der Waals surface area (Å²) in [6.07, 6.45) is 0. The molecule has 0 N–H and O–H groups in total. The zero-order valence-electron chi connectivity index (χ0n) is 6.52. The van der Waals surface area contributed by atoms with Crippen molar-refractivity contribution in [2.75, 3.05) is 6.61 Å². The van der Waals surface area contributed by atoms with E-state index < -0.39 is 0 Å². The average molecular weight is 128 g/mol. The van der Waals surface area contributed by atoms with Gasteiger partial charge in [0.2, 0.25) is 13.7 Å². The van der Waals surface area contributed by atoms with E-state index in [4.69, 9.17) is 4.74 Å². The minimum Gasteiger partial charge on any atom is -0.474 e. The minimum atomic E-state index is -0.204. The molecule has 0 spiro atoms. The Bertz CT molecular complexity index is 104. The SMILES string of the molecule is BC(=O)OCC(C)(C)C. The van der Waals surface area contributed by atoms with Crippen molar-refractivity contribution >= 4 is 13.7 Å². The van der Waals surface area contributed by atoms with Crippen LogP contribution in [0.25, 0.3) is 0 Å². The van der Waals surface area contributed by atoms with E-state index in [-0.39, 0.29) is 11.3 Å². The lowest BCUT2D eigenvalue weighted by Gasteiger charge is -2.16. The van der Waals surface area contributed by atoms with Gasteiger partial charge in [0.25, 0.3) is 0 Å². The molecule has 0 rings (SSSR count). The highest BCUT2D eigenvalue weighted by Crippen LogP contribution is 2.12. The van der Waals surface area contributed by atoms with Crippen LogP contribution in [-0.4, -0.2) is 20.3 Å². The third kappa shape index (κ3) is 7.53. The van der Waals surface area contributed by atoms with Crippen LogP contribution in [0.2, 0.25) is 0 Å². The molecule has 0 atom stereocenters. The van der Waals surface area contributed by atoms with E-state index in [0.717, 1.165) is 0 Å². The first kappa shape index (κ1) is 8.53. The Morgan fingerprint density at radius 1 is 1.56 bits per heavy atom. The summed E-state index contributed by atoms with van der Waals surface area (Å²) in [5.41, 5.74) is 0.0890. The zero-order valence-corrected chi connectivity index (χ0v) is 6.52. The van der Waals surface area contributed by atoms with Crippen LogP contribution in [0.5, 0.6) is 0 Å². The van der Waals surface area contributed by atoms with Crippen LogP contribution in [0.15, 0.2) is 0 Å². The van der Waals surface area contributed by atoms with Gasteiger partial charge in [-0.05, 0) is 5.41 Å². The molecule has 52 valence electrons. The summed E-state index contributed by atoms with van der Waals surface area (Å²) in [6, 6.07) is 0. The molecular weight excluding hydrogens is 115 g/mol. The molecule has 0 aliphatic rings. The predicted molar refractivity (Wildman–Crippen MR) is 39.3 cm³/mol. The van der Waals surface area contributed by atoms with Crippen molar-refractivity contribution in [3.63, 3.8) is 0 Å². The highest BCUT2D eigenvalue weighted by atomic mass is 16.5. The summed E-state index contributed by atoms with van der Waals surface area (Å²) < 4.78 is 4.77. The van der Waals surface area contributed by atoms with E-state index in [1.54, 1.807) is 0 Å². The topological polar surface area (TPSA) is 26.3 Å². The lowest BCUT2D eigenvalue weighted by Crippen LogP contribution is -2.17. The molecule has 0 amide bonds. The molecule has 0 unspecified atom stereocenters. The Balaban J connectivity index is 3.39. The molecular formula is C6H13BO2. The second-order valence-electron chi connectivity index (χ2n) is 3.34. The first-order valence-electron chi connectivity index (χ1n) is 3.05. The average Bonchev–Trinajstić information content (AvgIpc) is 1.59. The maximum atomic E-state index is 10.3. The molecule has 2 nitrogen and oxygen atoms in total. The Labute approximate surface area is 57.0 Å². The van der Waals surface area contributed by atoms with Gasteiger partial charge >= 0.3 is 0 Å². The fourth-order valence-corrected chi connectivity index (χ4v) is 0.318. The fourth-order valence-electron chi connectivity index (χ4n) is 0.318. The molecule has 0 saturated heterocycles. The first-order chi connectivity index (χ1) is 3.92. The molecule has 0 aromatic carbocycles. The molecule has 3 heteroatoms. The van der Waals surface area contributed by atoms with E-state index in [1.807, 2.05) is 20.8 Å². The van der Waals surface area contributed by atoms with E-state index in [9.17, 15) is 4.79 Å². The van der Waals surface area contributed by atoms with Crippen molar-refractivity contribution in [2.24, 2.45) is 5.41 Å². The summed E-state index contributed by atoms with van der Waals surface area (Å²) in [4.78, 5) is 10.3. The molecule has 0 aliphatic heterocycles. The van der Waals surface area contributed by atoms with Gasteiger partial charge in [0.1, 0.15) is 0 Å². The number of carbonyl (C=O) groups is 1. The molecule has 0 bridgehead atoms. The number of carbonyl (C=O) groups excluding carboxylic acids is 1. The Hall–Kier alpha value is -0.465. The molecule has 0 fully saturated rings. The van der Waals surface area contributed by atoms with Gasteiger partial charge in [-0.2, -0.15) is 0 Å². The molecule has 0 aromatic heterocycles. The molecule has 0 aromatic rings. The normalized spacial score (nSPS) is 11.0. The summed E-state index contributed by atoms with van der Waals surface area (Å²) >= 11 is 0. The van der Waals surface area contributed by atoms with Crippen LogP contribution in [0.4, 0.5) is 4.79 Å².